The number of allylic oxidation sites excluding steroid dienone is 5. The predicted molar refractivity (Wildman–Crippen MR) is 113 cm³/mol. The number of nitrogens with zero attached hydrogens (tertiary/aromatic N) is 1. The minimum Gasteiger partial charge on any atom is -0.391 e. The highest BCUT2D eigenvalue weighted by atomic mass is 15.1. The maximum atomic E-state index is 4.33. The maximum Gasteiger partial charge on any atom is 0.0411 e. The third kappa shape index (κ3) is 5.53. The molecule has 1 aromatic rings. The summed E-state index contributed by atoms with van der Waals surface area (Å²) in [6.45, 7) is 22.2. The highest BCUT2D eigenvalue weighted by Crippen LogP contribution is 2.30. The van der Waals surface area contributed by atoms with Crippen LogP contribution in [0.5, 0.6) is 0 Å². The van der Waals surface area contributed by atoms with Crippen molar-refractivity contribution < 1.29 is 0 Å². The molecule has 0 saturated carbocycles. The Bertz CT molecular complexity index is 675. The molecule has 0 spiro atoms. The average molecular weight is 337 g/mol. The second-order valence-corrected chi connectivity index (χ2v) is 6.53. The maximum absolute atomic E-state index is 4.33. The number of anilines is 1. The largest absolute Gasteiger partial charge is 0.391 e. The first kappa shape index (κ1) is 20.6. The van der Waals surface area contributed by atoms with E-state index in [4.69, 9.17) is 0 Å². The van der Waals surface area contributed by atoms with Crippen LogP contribution in [0.3, 0.4) is 0 Å². The average Bonchev–Trinajstić information content (AvgIpc) is 2.62. The van der Waals surface area contributed by atoms with Crippen LogP contribution in [0.2, 0.25) is 0 Å². The van der Waals surface area contributed by atoms with E-state index in [0.29, 0.717) is 5.92 Å². The molecule has 0 aliphatic rings. The topological polar surface area (TPSA) is 15.3 Å². The molecule has 0 amide bonds. The number of para-hydroxylation sites is 1. The lowest BCUT2D eigenvalue weighted by Gasteiger charge is -2.30. The van der Waals surface area contributed by atoms with Gasteiger partial charge in [0, 0.05) is 36.2 Å². The molecular weight excluding hydrogens is 304 g/mol. The molecule has 0 aliphatic carbocycles. The molecule has 0 aromatic heterocycles. The summed E-state index contributed by atoms with van der Waals surface area (Å²) in [5.41, 5.74) is 5.86. The smallest absolute Gasteiger partial charge is 0.0411 e. The number of benzene rings is 1. The van der Waals surface area contributed by atoms with Gasteiger partial charge < -0.3 is 10.2 Å². The number of hydrogen-bond donors (Lipinski definition) is 1. The standard InChI is InChI=1S/C23H32N2/c1-9-13-23(20(6)24-8)19(5)18(4)21(7)25(16-17(2)3)22-14-11-10-12-15-22/h9-15,17,24H,4-5,7,16H2,1-3,6,8H3/b13-9-,23-20-. The Morgan fingerprint density at radius 3 is 2.20 bits per heavy atom. The molecule has 25 heavy (non-hydrogen) atoms. The summed E-state index contributed by atoms with van der Waals surface area (Å²) < 4.78 is 0. The SMILES string of the molecule is C=C(C(=C)C(/C=C\C)=C(/C)NC)C(=C)N(CC(C)C)c1ccccc1. The predicted octanol–water partition coefficient (Wildman–Crippen LogP) is 5.84. The summed E-state index contributed by atoms with van der Waals surface area (Å²) in [5, 5.41) is 3.20. The molecule has 1 N–H and O–H groups in total. The summed E-state index contributed by atoms with van der Waals surface area (Å²) >= 11 is 0. The van der Waals surface area contributed by atoms with Crippen molar-refractivity contribution in [1.82, 2.24) is 5.32 Å². The van der Waals surface area contributed by atoms with Gasteiger partial charge in [0.15, 0.2) is 0 Å². The van der Waals surface area contributed by atoms with Crippen molar-refractivity contribution in [3.05, 3.63) is 90.3 Å². The van der Waals surface area contributed by atoms with Gasteiger partial charge >= 0.3 is 0 Å². The van der Waals surface area contributed by atoms with Gasteiger partial charge in [0.2, 0.25) is 0 Å². The van der Waals surface area contributed by atoms with Crippen molar-refractivity contribution in [3.8, 4) is 0 Å². The summed E-state index contributed by atoms with van der Waals surface area (Å²) in [6.07, 6.45) is 4.07. The first-order valence-electron chi connectivity index (χ1n) is 8.75. The Kier molecular flexibility index (Phi) is 8.00. The van der Waals surface area contributed by atoms with Gasteiger partial charge in [0.05, 0.1) is 0 Å². The van der Waals surface area contributed by atoms with E-state index in [1.165, 1.54) is 0 Å². The summed E-state index contributed by atoms with van der Waals surface area (Å²) in [5.74, 6) is 0.502. The van der Waals surface area contributed by atoms with Crippen LogP contribution in [-0.2, 0) is 0 Å². The fourth-order valence-electron chi connectivity index (χ4n) is 2.60. The van der Waals surface area contributed by atoms with Crippen LogP contribution < -0.4 is 10.2 Å². The van der Waals surface area contributed by atoms with Crippen molar-refractivity contribution in [2.75, 3.05) is 18.5 Å². The molecule has 2 heteroatoms. The molecule has 0 atom stereocenters. The van der Waals surface area contributed by atoms with Crippen LogP contribution in [0.4, 0.5) is 5.69 Å². The van der Waals surface area contributed by atoms with Gasteiger partial charge in [-0.15, -0.1) is 0 Å². The Labute approximate surface area is 153 Å². The van der Waals surface area contributed by atoms with E-state index in [2.05, 4.69) is 62.0 Å². The van der Waals surface area contributed by atoms with E-state index in [1.807, 2.05) is 45.2 Å². The first-order chi connectivity index (χ1) is 11.8. The zero-order valence-corrected chi connectivity index (χ0v) is 16.4. The Morgan fingerprint density at radius 2 is 1.72 bits per heavy atom. The van der Waals surface area contributed by atoms with E-state index in [-0.39, 0.29) is 0 Å². The summed E-state index contributed by atoms with van der Waals surface area (Å²) in [6, 6.07) is 10.3. The molecule has 0 radical (unpaired) electrons. The van der Waals surface area contributed by atoms with Crippen molar-refractivity contribution in [2.45, 2.75) is 27.7 Å². The Hall–Kier alpha value is -2.48. The third-order valence-electron chi connectivity index (χ3n) is 4.09. The third-order valence-corrected chi connectivity index (χ3v) is 4.09. The molecular formula is C23H32N2. The fourth-order valence-corrected chi connectivity index (χ4v) is 2.60. The molecule has 0 bridgehead atoms. The van der Waals surface area contributed by atoms with E-state index < -0.39 is 0 Å². The minimum atomic E-state index is 0.502. The van der Waals surface area contributed by atoms with Gasteiger partial charge in [0.25, 0.3) is 0 Å². The van der Waals surface area contributed by atoms with E-state index >= 15 is 0 Å². The zero-order valence-electron chi connectivity index (χ0n) is 16.4. The first-order valence-corrected chi connectivity index (χ1v) is 8.75. The Morgan fingerprint density at radius 1 is 1.12 bits per heavy atom. The van der Waals surface area contributed by atoms with Crippen LogP contribution in [0.15, 0.2) is 90.3 Å². The quantitative estimate of drug-likeness (QED) is 0.569. The molecule has 0 aliphatic heterocycles. The number of nitrogens with one attached hydrogen (secondary N) is 1. The summed E-state index contributed by atoms with van der Waals surface area (Å²) in [4.78, 5) is 2.22. The van der Waals surface area contributed by atoms with Gasteiger partial charge in [-0.3, -0.25) is 0 Å². The van der Waals surface area contributed by atoms with E-state index in [1.54, 1.807) is 0 Å². The van der Waals surface area contributed by atoms with Crippen LogP contribution >= 0.6 is 0 Å². The highest BCUT2D eigenvalue weighted by Gasteiger charge is 2.18. The van der Waals surface area contributed by atoms with Gasteiger partial charge in [0.1, 0.15) is 0 Å². The lowest BCUT2D eigenvalue weighted by molar-refractivity contribution is 0.642. The number of hydrogen-bond acceptors (Lipinski definition) is 2. The van der Waals surface area contributed by atoms with Crippen molar-refractivity contribution in [1.29, 1.82) is 0 Å². The summed E-state index contributed by atoms with van der Waals surface area (Å²) in [7, 11) is 1.92. The van der Waals surface area contributed by atoms with E-state index in [0.717, 1.165) is 40.3 Å². The molecule has 0 unspecified atom stereocenters. The lowest BCUT2D eigenvalue weighted by atomic mass is 9.95. The molecule has 2 nitrogen and oxygen atoms in total. The van der Waals surface area contributed by atoms with Crippen molar-refractivity contribution in [3.63, 3.8) is 0 Å². The van der Waals surface area contributed by atoms with Gasteiger partial charge in [-0.2, -0.15) is 0 Å². The van der Waals surface area contributed by atoms with Gasteiger partial charge in [-0.1, -0.05) is 63.9 Å². The monoisotopic (exact) mass is 336 g/mol. The fraction of sp³-hybridized carbons (Fsp3) is 0.304. The molecule has 0 saturated heterocycles. The second kappa shape index (κ2) is 9.73. The normalized spacial score (nSPS) is 12.1. The van der Waals surface area contributed by atoms with Crippen LogP contribution in [0, 0.1) is 5.92 Å². The molecule has 0 heterocycles. The lowest BCUT2D eigenvalue weighted by Crippen LogP contribution is -2.27. The van der Waals surface area contributed by atoms with Crippen LogP contribution in [0.1, 0.15) is 27.7 Å². The minimum absolute atomic E-state index is 0.502. The molecule has 1 aromatic carbocycles. The zero-order chi connectivity index (χ0) is 19.0. The van der Waals surface area contributed by atoms with Crippen molar-refractivity contribution >= 4 is 5.69 Å². The highest BCUT2D eigenvalue weighted by molar-refractivity contribution is 5.64. The van der Waals surface area contributed by atoms with Gasteiger partial charge in [-0.25, -0.2) is 0 Å². The van der Waals surface area contributed by atoms with Crippen LogP contribution in [-0.4, -0.2) is 13.6 Å². The second-order valence-electron chi connectivity index (χ2n) is 6.53. The molecule has 1 rings (SSSR count). The van der Waals surface area contributed by atoms with Gasteiger partial charge in [-0.05, 0) is 43.0 Å². The molecule has 0 fully saturated rings. The number of rotatable bonds is 9. The Balaban J connectivity index is 3.20. The van der Waals surface area contributed by atoms with Crippen molar-refractivity contribution in [2.24, 2.45) is 5.92 Å². The van der Waals surface area contributed by atoms with E-state index in [9.17, 15) is 0 Å². The molecule has 134 valence electrons. The van der Waals surface area contributed by atoms with Crippen LogP contribution in [0.25, 0.3) is 0 Å².